The van der Waals surface area contributed by atoms with E-state index in [-0.39, 0.29) is 5.82 Å². The summed E-state index contributed by atoms with van der Waals surface area (Å²) in [5.74, 6) is 0.898. The molecule has 1 aromatic heterocycles. The number of hydrogen-bond donors (Lipinski definition) is 3. The van der Waals surface area contributed by atoms with E-state index in [2.05, 4.69) is 15.2 Å². The third-order valence-corrected chi connectivity index (χ3v) is 3.68. The van der Waals surface area contributed by atoms with Crippen molar-refractivity contribution in [2.45, 2.75) is 6.04 Å². The first-order valence-corrected chi connectivity index (χ1v) is 7.29. The minimum absolute atomic E-state index is 0.247. The Morgan fingerprint density at radius 1 is 1.32 bits per heavy atom. The Labute approximate surface area is 142 Å². The summed E-state index contributed by atoms with van der Waals surface area (Å²) >= 11 is 0. The number of nitrogens with zero attached hydrogens (tertiary/aromatic N) is 3. The largest absolute Gasteiger partial charge is 0.502 e. The van der Waals surface area contributed by atoms with Crippen molar-refractivity contribution in [1.29, 1.82) is 0 Å². The number of nitro benzene ring substituents is 1. The molecule has 0 bridgehead atoms. The van der Waals surface area contributed by atoms with Crippen LogP contribution in [-0.4, -0.2) is 32.3 Å². The van der Waals surface area contributed by atoms with E-state index in [1.165, 1.54) is 18.2 Å². The number of phenolic OH excluding ortho intramolecular Hbond substituents is 1. The van der Waals surface area contributed by atoms with Gasteiger partial charge < -0.3 is 15.6 Å². The summed E-state index contributed by atoms with van der Waals surface area (Å²) in [7, 11) is 1.56. The molecule has 25 heavy (non-hydrogen) atoms. The average Bonchev–Trinajstić information content (AvgIpc) is 3.11. The zero-order valence-electron chi connectivity index (χ0n) is 13.2. The number of H-pyrrole nitrogens is 1. The van der Waals surface area contributed by atoms with Crippen molar-refractivity contribution < 1.29 is 14.8 Å². The van der Waals surface area contributed by atoms with Gasteiger partial charge in [0.25, 0.3) is 0 Å². The summed E-state index contributed by atoms with van der Waals surface area (Å²) in [6.45, 7) is 0. The van der Waals surface area contributed by atoms with Crippen LogP contribution in [0.3, 0.4) is 0 Å². The van der Waals surface area contributed by atoms with Gasteiger partial charge in [-0.25, -0.2) is 4.98 Å². The van der Waals surface area contributed by atoms with Crippen LogP contribution in [-0.2, 0) is 0 Å². The summed E-state index contributed by atoms with van der Waals surface area (Å²) in [6, 6.07) is 10.6. The molecule has 2 aromatic carbocycles. The molecular formula is C16H15N5O4. The average molecular weight is 341 g/mol. The molecule has 0 amide bonds. The van der Waals surface area contributed by atoms with Crippen molar-refractivity contribution in [3.8, 4) is 22.9 Å². The highest BCUT2D eigenvalue weighted by molar-refractivity contribution is 5.63. The number of nitro groups is 1. The molecule has 0 aliphatic carbocycles. The van der Waals surface area contributed by atoms with Gasteiger partial charge in [-0.1, -0.05) is 12.1 Å². The molecule has 9 heteroatoms. The fraction of sp³-hybridized carbons (Fsp3) is 0.125. The first-order chi connectivity index (χ1) is 12.0. The summed E-state index contributed by atoms with van der Waals surface area (Å²) in [6.07, 6.45) is 0. The number of methoxy groups -OCH3 is 1. The van der Waals surface area contributed by atoms with E-state index in [1.807, 2.05) is 12.1 Å². The molecule has 0 spiro atoms. The van der Waals surface area contributed by atoms with Crippen LogP contribution in [0.15, 0.2) is 42.5 Å². The van der Waals surface area contributed by atoms with Crippen LogP contribution in [0, 0.1) is 10.1 Å². The van der Waals surface area contributed by atoms with Crippen molar-refractivity contribution in [3.05, 3.63) is 64.0 Å². The van der Waals surface area contributed by atoms with E-state index in [1.54, 1.807) is 19.2 Å². The van der Waals surface area contributed by atoms with Gasteiger partial charge in [0.05, 0.1) is 18.1 Å². The van der Waals surface area contributed by atoms with Crippen LogP contribution in [0.1, 0.15) is 17.4 Å². The molecule has 0 saturated carbocycles. The second-order valence-electron chi connectivity index (χ2n) is 5.26. The molecule has 0 aliphatic heterocycles. The number of benzene rings is 2. The molecule has 4 N–H and O–H groups in total. The second kappa shape index (κ2) is 6.57. The predicted molar refractivity (Wildman–Crippen MR) is 89.2 cm³/mol. The number of ether oxygens (including phenoxy) is 1. The zero-order valence-corrected chi connectivity index (χ0v) is 13.2. The summed E-state index contributed by atoms with van der Waals surface area (Å²) in [4.78, 5) is 14.6. The van der Waals surface area contributed by atoms with Gasteiger partial charge in [0.2, 0.25) is 0 Å². The lowest BCUT2D eigenvalue weighted by atomic mass is 10.1. The highest BCUT2D eigenvalue weighted by Crippen LogP contribution is 2.30. The van der Waals surface area contributed by atoms with E-state index in [0.717, 1.165) is 5.56 Å². The molecule has 0 fully saturated rings. The van der Waals surface area contributed by atoms with E-state index in [4.69, 9.17) is 10.5 Å². The first-order valence-electron chi connectivity index (χ1n) is 7.29. The molecule has 0 aliphatic rings. The van der Waals surface area contributed by atoms with E-state index >= 15 is 0 Å². The van der Waals surface area contributed by atoms with Gasteiger partial charge in [-0.05, 0) is 29.8 Å². The van der Waals surface area contributed by atoms with E-state index in [0.29, 0.717) is 17.1 Å². The lowest BCUT2D eigenvalue weighted by Crippen LogP contribution is -2.13. The number of aromatic amines is 1. The maximum Gasteiger partial charge on any atom is 0.311 e. The quantitative estimate of drug-likeness (QED) is 0.477. The maximum absolute atomic E-state index is 10.9. The number of nitrogens with one attached hydrogen (secondary N) is 1. The minimum Gasteiger partial charge on any atom is -0.502 e. The van der Waals surface area contributed by atoms with Crippen LogP contribution in [0.25, 0.3) is 11.4 Å². The van der Waals surface area contributed by atoms with Crippen LogP contribution in [0.5, 0.6) is 11.5 Å². The third kappa shape index (κ3) is 3.26. The van der Waals surface area contributed by atoms with E-state index in [9.17, 15) is 15.2 Å². The summed E-state index contributed by atoms with van der Waals surface area (Å²) < 4.78 is 5.17. The molecule has 1 atom stereocenters. The lowest BCUT2D eigenvalue weighted by molar-refractivity contribution is -0.385. The number of phenols is 1. The molecule has 0 unspecified atom stereocenters. The minimum atomic E-state index is -0.672. The van der Waals surface area contributed by atoms with Crippen LogP contribution < -0.4 is 10.5 Å². The second-order valence-corrected chi connectivity index (χ2v) is 5.26. The van der Waals surface area contributed by atoms with Gasteiger partial charge >= 0.3 is 5.69 Å². The maximum atomic E-state index is 10.9. The topological polar surface area (TPSA) is 140 Å². The van der Waals surface area contributed by atoms with Gasteiger partial charge in [0, 0.05) is 11.6 Å². The Kier molecular flexibility index (Phi) is 4.31. The fourth-order valence-electron chi connectivity index (χ4n) is 2.34. The van der Waals surface area contributed by atoms with Gasteiger partial charge in [0.1, 0.15) is 11.6 Å². The zero-order chi connectivity index (χ0) is 18.0. The van der Waals surface area contributed by atoms with Crippen LogP contribution in [0.2, 0.25) is 0 Å². The third-order valence-electron chi connectivity index (χ3n) is 3.68. The van der Waals surface area contributed by atoms with Crippen LogP contribution >= 0.6 is 0 Å². The molecule has 1 heterocycles. The van der Waals surface area contributed by atoms with Crippen molar-refractivity contribution in [2.75, 3.05) is 7.11 Å². The highest BCUT2D eigenvalue weighted by atomic mass is 16.6. The Bertz CT molecular complexity index is 924. The molecule has 3 rings (SSSR count). The van der Waals surface area contributed by atoms with E-state index < -0.39 is 22.4 Å². The van der Waals surface area contributed by atoms with Gasteiger partial charge in [0.15, 0.2) is 11.6 Å². The van der Waals surface area contributed by atoms with Crippen LogP contribution in [0.4, 0.5) is 5.69 Å². The standard InChI is InChI=1S/C16H15N5O4/c1-25-11-4-2-3-9(7-11)14(17)16-18-15(19-20-16)10-5-6-13(22)12(8-10)21(23)24/h2-8,14,22H,17H2,1H3,(H,18,19,20)/t14-/m1/s1. The number of rotatable bonds is 5. The van der Waals surface area contributed by atoms with Gasteiger partial charge in [-0.3, -0.25) is 15.2 Å². The van der Waals surface area contributed by atoms with Crippen molar-refractivity contribution in [3.63, 3.8) is 0 Å². The SMILES string of the molecule is COc1cccc([C@@H](N)c2nc(-c3ccc(O)c([N+](=O)[O-])c3)n[nH]2)c1. The molecule has 128 valence electrons. The molecule has 9 nitrogen and oxygen atoms in total. The first kappa shape index (κ1) is 16.4. The van der Waals surface area contributed by atoms with Crippen molar-refractivity contribution in [1.82, 2.24) is 15.2 Å². The number of aromatic nitrogens is 3. The Morgan fingerprint density at radius 2 is 2.12 bits per heavy atom. The fourth-order valence-corrected chi connectivity index (χ4v) is 2.34. The predicted octanol–water partition coefficient (Wildman–Crippen LogP) is 2.14. The monoisotopic (exact) mass is 341 g/mol. The normalized spacial score (nSPS) is 11.9. The number of nitrogens with two attached hydrogens (primary N) is 1. The van der Waals surface area contributed by atoms with Crippen molar-refractivity contribution in [2.24, 2.45) is 5.73 Å². The van der Waals surface area contributed by atoms with Crippen molar-refractivity contribution >= 4 is 5.69 Å². The molecule has 3 aromatic rings. The molecular weight excluding hydrogens is 326 g/mol. The highest BCUT2D eigenvalue weighted by Gasteiger charge is 2.19. The number of aromatic hydroxyl groups is 1. The summed E-state index contributed by atoms with van der Waals surface area (Å²) in [5, 5.41) is 27.2. The lowest BCUT2D eigenvalue weighted by Gasteiger charge is -2.09. The molecule has 0 saturated heterocycles. The number of hydrogen-bond acceptors (Lipinski definition) is 7. The van der Waals surface area contributed by atoms with Gasteiger partial charge in [-0.15, -0.1) is 0 Å². The smallest absolute Gasteiger partial charge is 0.311 e. The van der Waals surface area contributed by atoms with Gasteiger partial charge in [-0.2, -0.15) is 5.10 Å². The molecule has 0 radical (unpaired) electrons. The Hall–Kier alpha value is -3.46. The summed E-state index contributed by atoms with van der Waals surface area (Å²) in [5.41, 5.74) is 6.95. The Balaban J connectivity index is 1.92. The Morgan fingerprint density at radius 3 is 2.84 bits per heavy atom.